The zero-order valence-electron chi connectivity index (χ0n) is 6.79. The topological polar surface area (TPSA) is 35.5 Å². The Bertz CT molecular complexity index is 128. The van der Waals surface area contributed by atoms with Crippen LogP contribution in [-0.2, 0) is 0 Å². The Labute approximate surface area is 67.4 Å². The zero-order valence-corrected chi connectivity index (χ0v) is 6.79. The van der Waals surface area contributed by atoms with E-state index in [0.717, 1.165) is 25.7 Å². The maximum Gasteiger partial charge on any atom is 0.0483 e. The Kier molecular flexibility index (Phi) is 2.11. The van der Waals surface area contributed by atoms with Gasteiger partial charge in [0.25, 0.3) is 0 Å². The minimum Gasteiger partial charge on any atom is -0.396 e. The van der Waals surface area contributed by atoms with E-state index < -0.39 is 0 Å². The van der Waals surface area contributed by atoms with Crippen LogP contribution in [0.25, 0.3) is 0 Å². The monoisotopic (exact) mass is 156 g/mol. The molecule has 0 radical (unpaired) electrons. The molecule has 0 spiro atoms. The number of hydrogen-bond acceptors (Lipinski definition) is 3. The van der Waals surface area contributed by atoms with Gasteiger partial charge in [-0.2, -0.15) is 0 Å². The summed E-state index contributed by atoms with van der Waals surface area (Å²) in [4.78, 5) is 2.47. The van der Waals surface area contributed by atoms with Gasteiger partial charge in [-0.15, -0.1) is 0 Å². The molecule has 0 saturated carbocycles. The summed E-state index contributed by atoms with van der Waals surface area (Å²) in [6.07, 6.45) is 1.29. The van der Waals surface area contributed by atoms with Crippen molar-refractivity contribution in [2.24, 2.45) is 5.92 Å². The van der Waals surface area contributed by atoms with Gasteiger partial charge in [-0.1, -0.05) is 0 Å². The third kappa shape index (κ3) is 1.41. The SMILES string of the molecule is OCC1CN([C@H]2CCNC2)C1. The third-order valence-electron chi connectivity index (χ3n) is 2.79. The predicted molar refractivity (Wildman–Crippen MR) is 43.4 cm³/mol. The predicted octanol–water partition coefficient (Wildman–Crippen LogP) is -0.728. The highest BCUT2D eigenvalue weighted by Gasteiger charge is 2.32. The van der Waals surface area contributed by atoms with Crippen molar-refractivity contribution >= 4 is 0 Å². The highest BCUT2D eigenvalue weighted by atomic mass is 16.3. The molecule has 2 aliphatic rings. The van der Waals surface area contributed by atoms with Crippen LogP contribution in [0.3, 0.4) is 0 Å². The van der Waals surface area contributed by atoms with Crippen LogP contribution < -0.4 is 5.32 Å². The normalized spacial score (nSPS) is 34.1. The molecule has 3 nitrogen and oxygen atoms in total. The third-order valence-corrected chi connectivity index (χ3v) is 2.79. The zero-order chi connectivity index (χ0) is 7.68. The van der Waals surface area contributed by atoms with E-state index in [2.05, 4.69) is 10.2 Å². The lowest BCUT2D eigenvalue weighted by molar-refractivity contribution is 0.0256. The molecule has 0 aromatic heterocycles. The fraction of sp³-hybridized carbons (Fsp3) is 1.00. The minimum absolute atomic E-state index is 0.372. The molecule has 11 heavy (non-hydrogen) atoms. The molecule has 0 aromatic rings. The summed E-state index contributed by atoms with van der Waals surface area (Å²) in [5.74, 6) is 0.565. The molecule has 0 aromatic carbocycles. The van der Waals surface area contributed by atoms with Gasteiger partial charge in [-0.25, -0.2) is 0 Å². The Morgan fingerprint density at radius 2 is 2.27 bits per heavy atom. The number of likely N-dealkylation sites (tertiary alicyclic amines) is 1. The van der Waals surface area contributed by atoms with Crippen LogP contribution in [-0.4, -0.2) is 48.8 Å². The van der Waals surface area contributed by atoms with Gasteiger partial charge in [0.15, 0.2) is 0 Å². The van der Waals surface area contributed by atoms with Crippen molar-refractivity contribution in [3.63, 3.8) is 0 Å². The van der Waals surface area contributed by atoms with Crippen LogP contribution >= 0.6 is 0 Å². The number of aliphatic hydroxyl groups excluding tert-OH is 1. The van der Waals surface area contributed by atoms with E-state index in [1.165, 1.54) is 13.0 Å². The van der Waals surface area contributed by atoms with Crippen LogP contribution in [0.15, 0.2) is 0 Å². The van der Waals surface area contributed by atoms with E-state index in [9.17, 15) is 0 Å². The molecule has 0 aliphatic carbocycles. The van der Waals surface area contributed by atoms with Gasteiger partial charge in [0.1, 0.15) is 0 Å². The maximum absolute atomic E-state index is 8.80. The lowest BCUT2D eigenvalue weighted by Crippen LogP contribution is -2.53. The molecule has 2 aliphatic heterocycles. The standard InChI is InChI=1S/C8H16N2O/c11-6-7-4-10(5-7)8-1-2-9-3-8/h7-9,11H,1-6H2/t8-/m0/s1. The smallest absolute Gasteiger partial charge is 0.0483 e. The Morgan fingerprint density at radius 1 is 1.45 bits per heavy atom. The summed E-state index contributed by atoms with van der Waals surface area (Å²) in [5, 5.41) is 12.2. The molecule has 3 heteroatoms. The first kappa shape index (κ1) is 7.53. The van der Waals surface area contributed by atoms with E-state index >= 15 is 0 Å². The van der Waals surface area contributed by atoms with Crippen molar-refractivity contribution in [1.82, 2.24) is 10.2 Å². The van der Waals surface area contributed by atoms with Gasteiger partial charge in [0.2, 0.25) is 0 Å². The first-order chi connectivity index (χ1) is 5.40. The average molecular weight is 156 g/mol. The largest absolute Gasteiger partial charge is 0.396 e. The second-order valence-electron chi connectivity index (χ2n) is 3.65. The first-order valence-corrected chi connectivity index (χ1v) is 4.46. The van der Waals surface area contributed by atoms with E-state index in [4.69, 9.17) is 5.11 Å². The van der Waals surface area contributed by atoms with Crippen molar-refractivity contribution in [3.8, 4) is 0 Å². The van der Waals surface area contributed by atoms with E-state index in [1.54, 1.807) is 0 Å². The van der Waals surface area contributed by atoms with Crippen LogP contribution in [0.1, 0.15) is 6.42 Å². The molecule has 2 rings (SSSR count). The molecule has 0 bridgehead atoms. The quantitative estimate of drug-likeness (QED) is 0.553. The molecule has 0 amide bonds. The number of aliphatic hydroxyl groups is 1. The van der Waals surface area contributed by atoms with Crippen molar-refractivity contribution in [2.45, 2.75) is 12.5 Å². The number of nitrogens with zero attached hydrogens (tertiary/aromatic N) is 1. The highest BCUT2D eigenvalue weighted by Crippen LogP contribution is 2.20. The summed E-state index contributed by atoms with van der Waals surface area (Å²) < 4.78 is 0. The average Bonchev–Trinajstić information content (AvgIpc) is 2.37. The highest BCUT2D eigenvalue weighted by molar-refractivity contribution is 4.89. The summed E-state index contributed by atoms with van der Waals surface area (Å²) in [5.41, 5.74) is 0. The molecule has 64 valence electrons. The summed E-state index contributed by atoms with van der Waals surface area (Å²) >= 11 is 0. The van der Waals surface area contributed by atoms with Gasteiger partial charge in [-0.3, -0.25) is 4.90 Å². The molecule has 0 unspecified atom stereocenters. The second-order valence-corrected chi connectivity index (χ2v) is 3.65. The Hall–Kier alpha value is -0.120. The van der Waals surface area contributed by atoms with Gasteiger partial charge in [0, 0.05) is 38.2 Å². The van der Waals surface area contributed by atoms with Crippen LogP contribution in [0.2, 0.25) is 0 Å². The van der Waals surface area contributed by atoms with Crippen molar-refractivity contribution in [2.75, 3.05) is 32.8 Å². The van der Waals surface area contributed by atoms with E-state index in [-0.39, 0.29) is 0 Å². The summed E-state index contributed by atoms with van der Waals surface area (Å²) in [6, 6.07) is 0.762. The van der Waals surface area contributed by atoms with Crippen LogP contribution in [0, 0.1) is 5.92 Å². The second kappa shape index (κ2) is 3.09. The Balaban J connectivity index is 1.73. The van der Waals surface area contributed by atoms with Crippen LogP contribution in [0.5, 0.6) is 0 Å². The van der Waals surface area contributed by atoms with Crippen molar-refractivity contribution in [1.29, 1.82) is 0 Å². The van der Waals surface area contributed by atoms with Crippen molar-refractivity contribution in [3.05, 3.63) is 0 Å². The van der Waals surface area contributed by atoms with Gasteiger partial charge in [0.05, 0.1) is 0 Å². The molecule has 2 fully saturated rings. The van der Waals surface area contributed by atoms with Gasteiger partial charge >= 0.3 is 0 Å². The summed E-state index contributed by atoms with van der Waals surface area (Å²) in [7, 11) is 0. The first-order valence-electron chi connectivity index (χ1n) is 4.46. The Morgan fingerprint density at radius 3 is 2.82 bits per heavy atom. The van der Waals surface area contributed by atoms with E-state index in [0.29, 0.717) is 12.5 Å². The number of hydrogen-bond donors (Lipinski definition) is 2. The molecular formula is C8H16N2O. The molecular weight excluding hydrogens is 140 g/mol. The summed E-state index contributed by atoms with van der Waals surface area (Å²) in [6.45, 7) is 4.92. The number of nitrogens with one attached hydrogen (secondary N) is 1. The lowest BCUT2D eigenvalue weighted by Gasteiger charge is -2.42. The maximum atomic E-state index is 8.80. The lowest BCUT2D eigenvalue weighted by atomic mass is 9.98. The molecule has 2 saturated heterocycles. The van der Waals surface area contributed by atoms with Gasteiger partial charge < -0.3 is 10.4 Å². The molecule has 1 atom stereocenters. The van der Waals surface area contributed by atoms with Gasteiger partial charge in [-0.05, 0) is 13.0 Å². The molecule has 2 heterocycles. The fourth-order valence-electron chi connectivity index (χ4n) is 1.97. The fourth-order valence-corrected chi connectivity index (χ4v) is 1.97. The number of rotatable bonds is 2. The van der Waals surface area contributed by atoms with Crippen LogP contribution in [0.4, 0.5) is 0 Å². The minimum atomic E-state index is 0.372. The molecule has 2 N–H and O–H groups in total. The van der Waals surface area contributed by atoms with Crippen molar-refractivity contribution < 1.29 is 5.11 Å². The van der Waals surface area contributed by atoms with E-state index in [1.807, 2.05) is 0 Å².